The van der Waals surface area contributed by atoms with Crippen molar-refractivity contribution >= 4 is 17.2 Å². The maximum absolute atomic E-state index is 11.3. The van der Waals surface area contributed by atoms with Crippen molar-refractivity contribution in [3.05, 3.63) is 31.8 Å². The lowest BCUT2D eigenvalue weighted by Gasteiger charge is -2.08. The molecular weight excluding hydrogens is 198 g/mol. The lowest BCUT2D eigenvalue weighted by atomic mass is 9.99. The number of amides is 1. The van der Waals surface area contributed by atoms with E-state index in [2.05, 4.69) is 10.0 Å². The summed E-state index contributed by atoms with van der Waals surface area (Å²) in [7, 11) is 0. The molecule has 0 saturated heterocycles. The van der Waals surface area contributed by atoms with Crippen LogP contribution >= 0.6 is 11.3 Å². The lowest BCUT2D eigenvalue weighted by Crippen LogP contribution is -1.96. The molecular formula is C9H9N3OS. The molecule has 14 heavy (non-hydrogen) atoms. The average molecular weight is 207 g/mol. The van der Waals surface area contributed by atoms with Gasteiger partial charge >= 0.3 is 0 Å². The van der Waals surface area contributed by atoms with Gasteiger partial charge in [0.05, 0.1) is 4.88 Å². The van der Waals surface area contributed by atoms with Crippen LogP contribution < -0.4 is 0 Å². The highest BCUT2D eigenvalue weighted by Crippen LogP contribution is 2.29. The Bertz CT molecular complexity index is 394. The highest BCUT2D eigenvalue weighted by Gasteiger charge is 2.15. The first kappa shape index (κ1) is 9.24. The van der Waals surface area contributed by atoms with E-state index in [1.54, 1.807) is 0 Å². The van der Waals surface area contributed by atoms with Crippen LogP contribution in [0.4, 0.5) is 0 Å². The molecule has 0 radical (unpaired) electrons. The molecule has 72 valence electrons. The molecule has 0 unspecified atom stereocenters. The highest BCUT2D eigenvalue weighted by atomic mass is 32.1. The van der Waals surface area contributed by atoms with Gasteiger partial charge in [-0.15, -0.1) is 11.3 Å². The third kappa shape index (κ3) is 1.64. The van der Waals surface area contributed by atoms with Crippen LogP contribution in [0.1, 0.15) is 33.0 Å². The largest absolute Gasteiger partial charge is 0.286 e. The van der Waals surface area contributed by atoms with Gasteiger partial charge < -0.3 is 0 Å². The van der Waals surface area contributed by atoms with E-state index in [-0.39, 0.29) is 0 Å². The molecule has 1 aliphatic carbocycles. The van der Waals surface area contributed by atoms with Crippen LogP contribution in [0.5, 0.6) is 0 Å². The maximum Gasteiger partial charge on any atom is 0.259 e. The molecule has 1 aliphatic rings. The van der Waals surface area contributed by atoms with Gasteiger partial charge in [0.1, 0.15) is 0 Å². The van der Waals surface area contributed by atoms with Gasteiger partial charge in [-0.3, -0.25) is 4.79 Å². The summed E-state index contributed by atoms with van der Waals surface area (Å²) in [4.78, 5) is 15.6. The molecule has 0 N–H and O–H groups in total. The number of fused-ring (bicyclic) bond motifs is 1. The maximum atomic E-state index is 11.3. The fourth-order valence-electron chi connectivity index (χ4n) is 1.69. The minimum atomic E-state index is -0.452. The fraction of sp³-hybridized carbons (Fsp3) is 0.444. The quantitative estimate of drug-likeness (QED) is 0.396. The van der Waals surface area contributed by atoms with Gasteiger partial charge in [0.25, 0.3) is 5.91 Å². The first-order chi connectivity index (χ1) is 6.81. The lowest BCUT2D eigenvalue weighted by molar-refractivity contribution is 0.100. The topological polar surface area (TPSA) is 65.8 Å². The summed E-state index contributed by atoms with van der Waals surface area (Å²) in [6.07, 6.45) is 4.50. The molecule has 1 aromatic rings. The van der Waals surface area contributed by atoms with Crippen molar-refractivity contribution in [1.29, 1.82) is 0 Å². The number of carbonyl (C=O) groups excluding carboxylic acids is 1. The predicted octanol–water partition coefficient (Wildman–Crippen LogP) is 3.08. The number of carbonyl (C=O) groups is 1. The number of rotatable bonds is 1. The summed E-state index contributed by atoms with van der Waals surface area (Å²) in [5.74, 6) is -0.452. The molecule has 0 fully saturated rings. The Kier molecular flexibility index (Phi) is 2.52. The van der Waals surface area contributed by atoms with Crippen LogP contribution in [0.3, 0.4) is 0 Å². The van der Waals surface area contributed by atoms with Gasteiger partial charge in [0, 0.05) is 9.79 Å². The van der Waals surface area contributed by atoms with Crippen molar-refractivity contribution in [2.24, 2.45) is 5.11 Å². The number of thiophene rings is 1. The van der Waals surface area contributed by atoms with E-state index in [0.29, 0.717) is 4.88 Å². The zero-order chi connectivity index (χ0) is 9.97. The first-order valence-electron chi connectivity index (χ1n) is 4.52. The molecule has 1 heterocycles. The monoisotopic (exact) mass is 207 g/mol. The molecule has 0 spiro atoms. The van der Waals surface area contributed by atoms with Crippen molar-refractivity contribution < 1.29 is 4.79 Å². The van der Waals surface area contributed by atoms with Crippen molar-refractivity contribution in [3.63, 3.8) is 0 Å². The number of nitrogens with zero attached hydrogens (tertiary/aromatic N) is 3. The standard InChI is InChI=1S/C9H9N3OS/c10-12-11-9(13)8-5-6-3-1-2-4-7(6)14-8/h5H,1-4H2. The van der Waals surface area contributed by atoms with E-state index < -0.39 is 5.91 Å². The Morgan fingerprint density at radius 3 is 3.00 bits per heavy atom. The molecule has 1 aromatic heterocycles. The second kappa shape index (κ2) is 3.82. The van der Waals surface area contributed by atoms with E-state index in [4.69, 9.17) is 5.53 Å². The van der Waals surface area contributed by atoms with Gasteiger partial charge in [-0.05, 0) is 48.0 Å². The van der Waals surface area contributed by atoms with Gasteiger partial charge in [-0.25, -0.2) is 0 Å². The molecule has 2 rings (SSSR count). The second-order valence-electron chi connectivity index (χ2n) is 3.26. The van der Waals surface area contributed by atoms with E-state index in [1.165, 1.54) is 34.6 Å². The van der Waals surface area contributed by atoms with Crippen molar-refractivity contribution in [2.75, 3.05) is 0 Å². The molecule has 0 atom stereocenters. The molecule has 0 aromatic carbocycles. The van der Waals surface area contributed by atoms with Crippen molar-refractivity contribution in [3.8, 4) is 0 Å². The highest BCUT2D eigenvalue weighted by molar-refractivity contribution is 7.14. The molecule has 5 heteroatoms. The third-order valence-electron chi connectivity index (χ3n) is 2.34. The second-order valence-corrected chi connectivity index (χ2v) is 4.40. The Morgan fingerprint density at radius 1 is 1.50 bits per heavy atom. The number of aryl methyl sites for hydroxylation is 2. The van der Waals surface area contributed by atoms with E-state index >= 15 is 0 Å². The van der Waals surface area contributed by atoms with Crippen LogP contribution in [0.2, 0.25) is 0 Å². The zero-order valence-corrected chi connectivity index (χ0v) is 8.38. The summed E-state index contributed by atoms with van der Waals surface area (Å²) in [5, 5.41) is 3.09. The summed E-state index contributed by atoms with van der Waals surface area (Å²) >= 11 is 1.47. The van der Waals surface area contributed by atoms with Crippen LogP contribution in [0, 0.1) is 0 Å². The van der Waals surface area contributed by atoms with Crippen molar-refractivity contribution in [1.82, 2.24) is 0 Å². The van der Waals surface area contributed by atoms with E-state index in [9.17, 15) is 4.79 Å². The number of hydrogen-bond donors (Lipinski definition) is 0. The van der Waals surface area contributed by atoms with Gasteiger partial charge in [-0.1, -0.05) is 0 Å². The van der Waals surface area contributed by atoms with Crippen molar-refractivity contribution in [2.45, 2.75) is 25.7 Å². The summed E-state index contributed by atoms with van der Waals surface area (Å²) in [6.45, 7) is 0. The van der Waals surface area contributed by atoms with Crippen LogP contribution in [0.15, 0.2) is 11.2 Å². The minimum absolute atomic E-state index is 0.452. The summed E-state index contributed by atoms with van der Waals surface area (Å²) in [5.41, 5.74) is 9.40. The van der Waals surface area contributed by atoms with Gasteiger partial charge in [0.2, 0.25) is 0 Å². The number of hydrogen-bond acceptors (Lipinski definition) is 2. The smallest absolute Gasteiger partial charge is 0.259 e. The molecule has 0 bridgehead atoms. The first-order valence-corrected chi connectivity index (χ1v) is 5.34. The minimum Gasteiger partial charge on any atom is -0.286 e. The SMILES string of the molecule is [N-]=[N+]=NC(=O)c1cc2c(s1)CCCC2. The normalized spacial score (nSPS) is 14.3. The molecule has 1 amide bonds. The predicted molar refractivity (Wildman–Crippen MR) is 54.4 cm³/mol. The van der Waals surface area contributed by atoms with Crippen LogP contribution in [-0.2, 0) is 12.8 Å². The third-order valence-corrected chi connectivity index (χ3v) is 3.57. The zero-order valence-electron chi connectivity index (χ0n) is 7.56. The van der Waals surface area contributed by atoms with Gasteiger partial charge in [0.15, 0.2) is 0 Å². The molecule has 4 nitrogen and oxygen atoms in total. The Morgan fingerprint density at radius 2 is 2.29 bits per heavy atom. The Balaban J connectivity index is 2.32. The van der Waals surface area contributed by atoms with E-state index in [1.807, 2.05) is 6.07 Å². The Hall–Kier alpha value is -1.32. The Labute approximate surface area is 85.2 Å². The van der Waals surface area contributed by atoms with Gasteiger partial charge in [-0.2, -0.15) is 0 Å². The van der Waals surface area contributed by atoms with Crippen LogP contribution in [0.25, 0.3) is 10.4 Å². The number of azide groups is 1. The molecule has 0 saturated carbocycles. The van der Waals surface area contributed by atoms with Crippen LogP contribution in [-0.4, -0.2) is 5.91 Å². The molecule has 0 aliphatic heterocycles. The summed E-state index contributed by atoms with van der Waals surface area (Å²) in [6, 6.07) is 1.87. The van der Waals surface area contributed by atoms with E-state index in [0.717, 1.165) is 12.8 Å². The summed E-state index contributed by atoms with van der Waals surface area (Å²) < 4.78 is 0. The fourth-order valence-corrected chi connectivity index (χ4v) is 2.82. The average Bonchev–Trinajstić information content (AvgIpc) is 2.61.